The summed E-state index contributed by atoms with van der Waals surface area (Å²) in [6, 6.07) is 5.50. The molecule has 5 nitrogen and oxygen atoms in total. The molecule has 1 aliphatic carbocycles. The van der Waals surface area contributed by atoms with E-state index in [9.17, 15) is 9.59 Å². The molecule has 0 radical (unpaired) electrons. The smallest absolute Gasteiger partial charge is 0.227 e. The van der Waals surface area contributed by atoms with Crippen molar-refractivity contribution in [1.29, 1.82) is 0 Å². The van der Waals surface area contributed by atoms with Crippen molar-refractivity contribution in [3.63, 3.8) is 0 Å². The summed E-state index contributed by atoms with van der Waals surface area (Å²) in [6.07, 6.45) is 6.87. The van der Waals surface area contributed by atoms with E-state index in [1.165, 1.54) is 6.42 Å². The summed E-state index contributed by atoms with van der Waals surface area (Å²) in [6.45, 7) is 0.704. The Morgan fingerprint density at radius 2 is 2.00 bits per heavy atom. The molecule has 2 aliphatic rings. The van der Waals surface area contributed by atoms with Crippen LogP contribution in [-0.2, 0) is 9.59 Å². The van der Waals surface area contributed by atoms with E-state index in [0.29, 0.717) is 18.7 Å². The number of hydrogen-bond donors (Lipinski definition) is 1. The van der Waals surface area contributed by atoms with Gasteiger partial charge in [0.05, 0.1) is 12.8 Å². The minimum atomic E-state index is 0.0913. The molecular weight excluding hydrogens is 292 g/mol. The number of anilines is 2. The molecule has 1 heterocycles. The van der Waals surface area contributed by atoms with E-state index < -0.39 is 0 Å². The number of nitrogens with zero attached hydrogens (tertiary/aromatic N) is 1. The van der Waals surface area contributed by atoms with Crippen LogP contribution in [0, 0.1) is 5.92 Å². The monoisotopic (exact) mass is 316 g/mol. The number of amides is 2. The molecule has 0 atom stereocenters. The number of methoxy groups -OCH3 is 1. The van der Waals surface area contributed by atoms with Crippen molar-refractivity contribution in [1.82, 2.24) is 0 Å². The maximum Gasteiger partial charge on any atom is 0.227 e. The highest BCUT2D eigenvalue weighted by atomic mass is 16.5. The molecule has 0 bridgehead atoms. The number of hydrogen-bond acceptors (Lipinski definition) is 3. The summed E-state index contributed by atoms with van der Waals surface area (Å²) in [7, 11) is 1.60. The average molecular weight is 316 g/mol. The summed E-state index contributed by atoms with van der Waals surface area (Å²) < 4.78 is 5.38. The van der Waals surface area contributed by atoms with Gasteiger partial charge >= 0.3 is 0 Å². The molecular formula is C18H24N2O3. The molecule has 124 valence electrons. The van der Waals surface area contributed by atoms with Crippen LogP contribution >= 0.6 is 0 Å². The lowest BCUT2D eigenvalue weighted by atomic mass is 9.88. The largest absolute Gasteiger partial charge is 0.495 e. The fourth-order valence-corrected chi connectivity index (χ4v) is 3.49. The van der Waals surface area contributed by atoms with Crippen LogP contribution < -0.4 is 15.0 Å². The van der Waals surface area contributed by atoms with Crippen molar-refractivity contribution in [2.24, 2.45) is 5.92 Å². The molecule has 0 spiro atoms. The molecule has 2 fully saturated rings. The van der Waals surface area contributed by atoms with Gasteiger partial charge in [-0.05, 0) is 37.5 Å². The Bertz CT molecular complexity index is 594. The van der Waals surface area contributed by atoms with Crippen molar-refractivity contribution in [3.05, 3.63) is 18.2 Å². The first-order valence-corrected chi connectivity index (χ1v) is 8.48. The van der Waals surface area contributed by atoms with E-state index in [4.69, 9.17) is 4.74 Å². The Morgan fingerprint density at radius 3 is 2.65 bits per heavy atom. The van der Waals surface area contributed by atoms with Crippen molar-refractivity contribution in [2.75, 3.05) is 23.9 Å². The highest BCUT2D eigenvalue weighted by molar-refractivity contribution is 5.98. The molecule has 1 saturated heterocycles. The lowest BCUT2D eigenvalue weighted by Crippen LogP contribution is -2.26. The van der Waals surface area contributed by atoms with Crippen molar-refractivity contribution in [3.8, 4) is 5.75 Å². The van der Waals surface area contributed by atoms with Crippen LogP contribution in [-0.4, -0.2) is 25.5 Å². The molecule has 0 aromatic heterocycles. The quantitative estimate of drug-likeness (QED) is 0.927. The van der Waals surface area contributed by atoms with Crippen LogP contribution in [0.4, 0.5) is 11.4 Å². The summed E-state index contributed by atoms with van der Waals surface area (Å²) in [4.78, 5) is 26.1. The van der Waals surface area contributed by atoms with E-state index in [2.05, 4.69) is 5.32 Å². The van der Waals surface area contributed by atoms with Gasteiger partial charge in [-0.2, -0.15) is 0 Å². The first-order valence-electron chi connectivity index (χ1n) is 8.48. The van der Waals surface area contributed by atoms with E-state index in [0.717, 1.165) is 43.5 Å². The molecule has 1 aliphatic heterocycles. The zero-order chi connectivity index (χ0) is 16.2. The van der Waals surface area contributed by atoms with Gasteiger partial charge < -0.3 is 15.0 Å². The Balaban J connectivity index is 1.77. The summed E-state index contributed by atoms with van der Waals surface area (Å²) in [5.74, 6) is 0.978. The van der Waals surface area contributed by atoms with Gasteiger partial charge in [-0.25, -0.2) is 0 Å². The third-order valence-electron chi connectivity index (χ3n) is 4.79. The molecule has 0 unspecified atom stereocenters. The topological polar surface area (TPSA) is 58.6 Å². The van der Waals surface area contributed by atoms with Crippen LogP contribution in [0.5, 0.6) is 5.75 Å². The number of ether oxygens (including phenoxy) is 1. The van der Waals surface area contributed by atoms with Gasteiger partial charge in [0.15, 0.2) is 0 Å². The highest BCUT2D eigenvalue weighted by Crippen LogP contribution is 2.34. The molecule has 2 amide bonds. The van der Waals surface area contributed by atoms with Gasteiger partial charge in [0.25, 0.3) is 0 Å². The molecule has 1 N–H and O–H groups in total. The Kier molecular flexibility index (Phi) is 4.84. The molecule has 5 heteroatoms. The van der Waals surface area contributed by atoms with Gasteiger partial charge in [0.1, 0.15) is 5.75 Å². The number of rotatable bonds is 4. The number of carbonyl (C=O) groups excluding carboxylic acids is 2. The first kappa shape index (κ1) is 15.8. The van der Waals surface area contributed by atoms with Crippen LogP contribution in [0.1, 0.15) is 44.9 Å². The summed E-state index contributed by atoms with van der Waals surface area (Å²) in [5, 5.41) is 3.01. The normalized spacial score (nSPS) is 19.0. The Labute approximate surface area is 137 Å². The van der Waals surface area contributed by atoms with Crippen LogP contribution in [0.3, 0.4) is 0 Å². The molecule has 1 saturated carbocycles. The van der Waals surface area contributed by atoms with E-state index in [1.54, 1.807) is 12.0 Å². The van der Waals surface area contributed by atoms with E-state index >= 15 is 0 Å². The molecule has 1 aromatic carbocycles. The van der Waals surface area contributed by atoms with Gasteiger partial charge in [-0.1, -0.05) is 19.3 Å². The number of carbonyl (C=O) groups is 2. The lowest BCUT2D eigenvalue weighted by molar-refractivity contribution is -0.120. The fraction of sp³-hybridized carbons (Fsp3) is 0.556. The zero-order valence-corrected chi connectivity index (χ0v) is 13.6. The summed E-state index contributed by atoms with van der Waals surface area (Å²) in [5.41, 5.74) is 1.48. The SMILES string of the molecule is COc1ccc(NC(=O)C2CCCCC2)cc1N1CCCC1=O. The predicted octanol–water partition coefficient (Wildman–Crippen LogP) is 3.34. The minimum Gasteiger partial charge on any atom is -0.495 e. The third-order valence-corrected chi connectivity index (χ3v) is 4.79. The van der Waals surface area contributed by atoms with Gasteiger partial charge in [-0.15, -0.1) is 0 Å². The number of nitrogens with one attached hydrogen (secondary N) is 1. The lowest BCUT2D eigenvalue weighted by Gasteiger charge is -2.22. The van der Waals surface area contributed by atoms with Crippen LogP contribution in [0.25, 0.3) is 0 Å². The Hall–Kier alpha value is -2.04. The van der Waals surface area contributed by atoms with Crippen molar-refractivity contribution in [2.45, 2.75) is 44.9 Å². The van der Waals surface area contributed by atoms with Crippen molar-refractivity contribution < 1.29 is 14.3 Å². The Morgan fingerprint density at radius 1 is 1.22 bits per heavy atom. The summed E-state index contributed by atoms with van der Waals surface area (Å²) >= 11 is 0. The maximum absolute atomic E-state index is 12.4. The second-order valence-corrected chi connectivity index (χ2v) is 6.36. The van der Waals surface area contributed by atoms with E-state index in [1.807, 2.05) is 18.2 Å². The fourth-order valence-electron chi connectivity index (χ4n) is 3.49. The standard InChI is InChI=1S/C18H24N2O3/c1-23-16-10-9-14(12-15(16)20-11-5-8-17(20)21)19-18(22)13-6-3-2-4-7-13/h9-10,12-13H,2-8,11H2,1H3,(H,19,22). The van der Waals surface area contributed by atoms with Gasteiger partial charge in [0.2, 0.25) is 11.8 Å². The third kappa shape index (κ3) is 3.49. The highest BCUT2D eigenvalue weighted by Gasteiger charge is 2.26. The minimum absolute atomic E-state index is 0.0913. The average Bonchev–Trinajstić information content (AvgIpc) is 3.01. The van der Waals surface area contributed by atoms with Crippen LogP contribution in [0.2, 0.25) is 0 Å². The molecule has 1 aromatic rings. The number of benzene rings is 1. The van der Waals surface area contributed by atoms with Gasteiger partial charge in [0, 0.05) is 24.6 Å². The van der Waals surface area contributed by atoms with E-state index in [-0.39, 0.29) is 17.7 Å². The maximum atomic E-state index is 12.4. The van der Waals surface area contributed by atoms with Crippen LogP contribution in [0.15, 0.2) is 18.2 Å². The second kappa shape index (κ2) is 7.02. The molecule has 3 rings (SSSR count). The van der Waals surface area contributed by atoms with Crippen molar-refractivity contribution >= 4 is 23.2 Å². The second-order valence-electron chi connectivity index (χ2n) is 6.36. The van der Waals surface area contributed by atoms with Gasteiger partial charge in [-0.3, -0.25) is 9.59 Å². The zero-order valence-electron chi connectivity index (χ0n) is 13.6. The molecule has 23 heavy (non-hydrogen) atoms. The predicted molar refractivity (Wildman–Crippen MR) is 89.8 cm³/mol. The first-order chi connectivity index (χ1) is 11.2.